The minimum atomic E-state index is -0.401. The van der Waals surface area contributed by atoms with E-state index in [1.807, 2.05) is 13.8 Å². The Kier molecular flexibility index (Phi) is 4.34. The maximum Gasteiger partial charge on any atom is 0.339 e. The number of carbonyl (C=O) groups is 1. The number of nitrogen functional groups attached to an aromatic ring is 1. The van der Waals surface area contributed by atoms with Crippen LogP contribution in [0.1, 0.15) is 28.7 Å². The van der Waals surface area contributed by atoms with Gasteiger partial charge in [0.25, 0.3) is 5.22 Å². The van der Waals surface area contributed by atoms with Gasteiger partial charge in [0.2, 0.25) is 0 Å². The van der Waals surface area contributed by atoms with E-state index in [-0.39, 0.29) is 0 Å². The first kappa shape index (κ1) is 14.5. The van der Waals surface area contributed by atoms with Gasteiger partial charge in [0.15, 0.2) is 0 Å². The quantitative estimate of drug-likeness (QED) is 0.688. The van der Waals surface area contributed by atoms with Gasteiger partial charge in [0, 0.05) is 10.6 Å². The molecular weight excluding hydrogens is 276 g/mol. The summed E-state index contributed by atoms with van der Waals surface area (Å²) >= 11 is 1.28. The zero-order valence-electron chi connectivity index (χ0n) is 11.6. The fourth-order valence-electron chi connectivity index (χ4n) is 1.59. The molecule has 2 aromatic rings. The van der Waals surface area contributed by atoms with E-state index >= 15 is 0 Å². The number of carbonyl (C=O) groups excluding carboxylic acids is 1. The molecule has 0 radical (unpaired) electrons. The molecule has 1 aromatic carbocycles. The predicted molar refractivity (Wildman–Crippen MR) is 76.9 cm³/mol. The molecule has 1 heterocycles. The van der Waals surface area contributed by atoms with Crippen molar-refractivity contribution in [2.75, 3.05) is 12.3 Å². The van der Waals surface area contributed by atoms with Gasteiger partial charge in [0.1, 0.15) is 5.76 Å². The van der Waals surface area contributed by atoms with Crippen LogP contribution in [0, 0.1) is 13.8 Å². The van der Waals surface area contributed by atoms with Crippen LogP contribution in [-0.4, -0.2) is 17.6 Å². The highest BCUT2D eigenvalue weighted by Crippen LogP contribution is 2.32. The van der Waals surface area contributed by atoms with Crippen molar-refractivity contribution < 1.29 is 13.9 Å². The molecule has 0 saturated carbocycles. The molecule has 0 aliphatic rings. The molecule has 0 aliphatic carbocycles. The Morgan fingerprint density at radius 1 is 1.45 bits per heavy atom. The number of hydrogen-bond donors (Lipinski definition) is 1. The largest absolute Gasteiger partial charge is 0.462 e. The lowest BCUT2D eigenvalue weighted by molar-refractivity contribution is 0.0522. The Morgan fingerprint density at radius 2 is 2.20 bits per heavy atom. The van der Waals surface area contributed by atoms with E-state index in [1.54, 1.807) is 25.1 Å². The third-order valence-corrected chi connectivity index (χ3v) is 3.63. The molecule has 0 bridgehead atoms. The number of ether oxygens (including phenoxy) is 1. The van der Waals surface area contributed by atoms with Crippen LogP contribution in [0.2, 0.25) is 0 Å². The monoisotopic (exact) mass is 292 g/mol. The van der Waals surface area contributed by atoms with Crippen molar-refractivity contribution in [1.82, 2.24) is 4.98 Å². The number of rotatable bonds is 4. The first-order valence-electron chi connectivity index (χ1n) is 6.19. The number of aryl methyl sites for hydroxylation is 2. The van der Waals surface area contributed by atoms with E-state index in [4.69, 9.17) is 14.9 Å². The normalized spacial score (nSPS) is 10.6. The number of hydrogen-bond acceptors (Lipinski definition) is 6. The van der Waals surface area contributed by atoms with Crippen LogP contribution >= 0.6 is 11.8 Å². The minimum absolute atomic E-state index is 0.314. The van der Waals surface area contributed by atoms with Crippen LogP contribution in [-0.2, 0) is 4.74 Å². The van der Waals surface area contributed by atoms with E-state index in [0.717, 1.165) is 11.5 Å². The summed E-state index contributed by atoms with van der Waals surface area (Å²) in [5.41, 5.74) is 7.49. The van der Waals surface area contributed by atoms with Crippen LogP contribution in [0.5, 0.6) is 0 Å². The number of benzene rings is 1. The van der Waals surface area contributed by atoms with Crippen molar-refractivity contribution in [1.29, 1.82) is 0 Å². The Balaban J connectivity index is 2.33. The zero-order chi connectivity index (χ0) is 14.7. The van der Waals surface area contributed by atoms with Gasteiger partial charge >= 0.3 is 5.97 Å². The van der Waals surface area contributed by atoms with E-state index in [9.17, 15) is 4.79 Å². The lowest BCUT2D eigenvalue weighted by atomic mass is 10.2. The third-order valence-electron chi connectivity index (χ3n) is 2.71. The van der Waals surface area contributed by atoms with Gasteiger partial charge in [-0.3, -0.25) is 0 Å². The number of nitrogens with two attached hydrogens (primary N) is 1. The summed E-state index contributed by atoms with van der Waals surface area (Å²) < 4.78 is 10.5. The second-order valence-electron chi connectivity index (χ2n) is 4.20. The first-order chi connectivity index (χ1) is 9.51. The van der Waals surface area contributed by atoms with Gasteiger partial charge < -0.3 is 14.9 Å². The molecule has 5 nitrogen and oxygen atoms in total. The Hall–Kier alpha value is -1.95. The summed E-state index contributed by atoms with van der Waals surface area (Å²) in [6.07, 6.45) is 0. The summed E-state index contributed by atoms with van der Waals surface area (Å²) in [6, 6.07) is 5.10. The van der Waals surface area contributed by atoms with E-state index in [1.165, 1.54) is 11.8 Å². The number of nitrogens with zero attached hydrogens (tertiary/aromatic N) is 1. The highest BCUT2D eigenvalue weighted by Gasteiger charge is 2.16. The summed E-state index contributed by atoms with van der Waals surface area (Å²) in [6.45, 7) is 5.80. The minimum Gasteiger partial charge on any atom is -0.462 e. The second-order valence-corrected chi connectivity index (χ2v) is 5.19. The molecule has 20 heavy (non-hydrogen) atoms. The fraction of sp³-hybridized carbons (Fsp3) is 0.286. The van der Waals surface area contributed by atoms with Gasteiger partial charge in [-0.15, -0.1) is 0 Å². The first-order valence-corrected chi connectivity index (χ1v) is 7.01. The lowest BCUT2D eigenvalue weighted by Crippen LogP contribution is -2.06. The van der Waals surface area contributed by atoms with Crippen molar-refractivity contribution >= 4 is 23.4 Å². The second kappa shape index (κ2) is 6.00. The topological polar surface area (TPSA) is 78.4 Å². The van der Waals surface area contributed by atoms with Crippen LogP contribution < -0.4 is 5.73 Å². The molecule has 106 valence electrons. The average molecular weight is 292 g/mol. The van der Waals surface area contributed by atoms with Crippen molar-refractivity contribution in [3.05, 3.63) is 35.2 Å². The summed E-state index contributed by atoms with van der Waals surface area (Å²) in [7, 11) is 0. The predicted octanol–water partition coefficient (Wildman–Crippen LogP) is 3.20. The smallest absolute Gasteiger partial charge is 0.339 e. The number of aromatic nitrogens is 1. The van der Waals surface area contributed by atoms with E-state index in [0.29, 0.717) is 28.0 Å². The molecule has 0 spiro atoms. The van der Waals surface area contributed by atoms with E-state index < -0.39 is 5.97 Å². The van der Waals surface area contributed by atoms with Crippen LogP contribution in [0.25, 0.3) is 0 Å². The Morgan fingerprint density at radius 3 is 2.80 bits per heavy atom. The molecule has 0 saturated heterocycles. The molecular formula is C14H16N2O3S. The van der Waals surface area contributed by atoms with Crippen molar-refractivity contribution in [3.63, 3.8) is 0 Å². The van der Waals surface area contributed by atoms with Crippen LogP contribution in [0.3, 0.4) is 0 Å². The highest BCUT2D eigenvalue weighted by atomic mass is 32.2. The maximum absolute atomic E-state index is 11.9. The van der Waals surface area contributed by atoms with Crippen LogP contribution in [0.15, 0.2) is 32.7 Å². The van der Waals surface area contributed by atoms with Gasteiger partial charge in [-0.1, -0.05) is 0 Å². The van der Waals surface area contributed by atoms with Crippen LogP contribution in [0.4, 0.5) is 5.69 Å². The molecule has 0 unspecified atom stereocenters. The van der Waals surface area contributed by atoms with Crippen molar-refractivity contribution in [2.24, 2.45) is 0 Å². The Labute approximate surface area is 121 Å². The highest BCUT2D eigenvalue weighted by molar-refractivity contribution is 7.99. The van der Waals surface area contributed by atoms with Crippen molar-refractivity contribution in [2.45, 2.75) is 30.9 Å². The van der Waals surface area contributed by atoms with Gasteiger partial charge in [0.05, 0.1) is 17.9 Å². The summed E-state index contributed by atoms with van der Waals surface area (Å²) in [5.74, 6) is 0.364. The molecule has 6 heteroatoms. The van der Waals surface area contributed by atoms with Crippen molar-refractivity contribution in [3.8, 4) is 0 Å². The molecule has 0 amide bonds. The molecule has 0 atom stereocenters. The maximum atomic E-state index is 11.9. The fourth-order valence-corrected chi connectivity index (χ4v) is 2.51. The summed E-state index contributed by atoms with van der Waals surface area (Å²) in [4.78, 5) is 16.9. The van der Waals surface area contributed by atoms with E-state index in [2.05, 4.69) is 4.98 Å². The lowest BCUT2D eigenvalue weighted by Gasteiger charge is -2.07. The Bertz CT molecular complexity index is 618. The standard InChI is InChI=1S/C14H16N2O3S/c1-4-18-13(17)11-7-10(15)5-6-12(11)20-14-16-8(2)9(3)19-14/h5-7H,4,15H2,1-3H3. The summed E-state index contributed by atoms with van der Waals surface area (Å²) in [5, 5.41) is 0.496. The third kappa shape index (κ3) is 3.14. The molecule has 1 aromatic heterocycles. The van der Waals surface area contributed by atoms with Gasteiger partial charge in [-0.2, -0.15) is 0 Å². The molecule has 2 N–H and O–H groups in total. The van der Waals surface area contributed by atoms with Gasteiger partial charge in [-0.05, 0) is 50.7 Å². The van der Waals surface area contributed by atoms with Gasteiger partial charge in [-0.25, -0.2) is 9.78 Å². The number of oxazole rings is 1. The SMILES string of the molecule is CCOC(=O)c1cc(N)ccc1Sc1nc(C)c(C)o1. The average Bonchev–Trinajstić information content (AvgIpc) is 2.71. The molecule has 0 fully saturated rings. The number of anilines is 1. The molecule has 2 rings (SSSR count). The number of esters is 1. The molecule has 0 aliphatic heterocycles. The zero-order valence-corrected chi connectivity index (χ0v) is 12.4.